The summed E-state index contributed by atoms with van der Waals surface area (Å²) in [5.74, 6) is -0.846. The van der Waals surface area contributed by atoms with E-state index in [1.807, 2.05) is 28.9 Å². The minimum atomic E-state index is -0.867. The van der Waals surface area contributed by atoms with E-state index in [4.69, 9.17) is 20.2 Å². The first kappa shape index (κ1) is 21.5. The molecule has 2 aromatic heterocycles. The van der Waals surface area contributed by atoms with Crippen LogP contribution in [0.3, 0.4) is 0 Å². The Bertz CT molecular complexity index is 1460. The van der Waals surface area contributed by atoms with Crippen molar-refractivity contribution in [3.8, 4) is 22.5 Å². The second-order valence-electron chi connectivity index (χ2n) is 8.58. The van der Waals surface area contributed by atoms with Crippen LogP contribution in [0.15, 0.2) is 65.6 Å². The maximum Gasteiger partial charge on any atom is 0.275 e. The van der Waals surface area contributed by atoms with Crippen LogP contribution in [0.25, 0.3) is 22.5 Å². The van der Waals surface area contributed by atoms with E-state index in [0.717, 1.165) is 5.56 Å². The molecule has 178 valence electrons. The van der Waals surface area contributed by atoms with Crippen molar-refractivity contribution < 1.29 is 13.9 Å². The second kappa shape index (κ2) is 8.33. The van der Waals surface area contributed by atoms with Gasteiger partial charge in [-0.15, -0.1) is 0 Å². The monoisotopic (exact) mass is 474 g/mol. The number of hydrogen-bond donors (Lipinski definition) is 2. The van der Waals surface area contributed by atoms with Gasteiger partial charge in [0.2, 0.25) is 11.7 Å². The molecule has 0 bridgehead atoms. The van der Waals surface area contributed by atoms with E-state index in [9.17, 15) is 9.18 Å². The number of hydrogen-bond acceptors (Lipinski definition) is 7. The first-order chi connectivity index (χ1) is 17.0. The molecule has 2 aliphatic heterocycles. The zero-order valence-corrected chi connectivity index (χ0v) is 18.8. The summed E-state index contributed by atoms with van der Waals surface area (Å²) in [6, 6.07) is 15.2. The van der Waals surface area contributed by atoms with Gasteiger partial charge in [0.1, 0.15) is 5.82 Å². The number of fused-ring (bicyclic) bond motifs is 1. The Morgan fingerprint density at radius 2 is 1.77 bits per heavy atom. The van der Waals surface area contributed by atoms with E-state index in [-0.39, 0.29) is 17.9 Å². The van der Waals surface area contributed by atoms with Gasteiger partial charge in [0, 0.05) is 18.4 Å². The van der Waals surface area contributed by atoms with Gasteiger partial charge in [-0.1, -0.05) is 30.3 Å². The van der Waals surface area contributed by atoms with Crippen molar-refractivity contribution in [2.24, 2.45) is 0 Å². The first-order valence-electron chi connectivity index (χ1n) is 11.3. The maximum atomic E-state index is 13.6. The van der Waals surface area contributed by atoms with Crippen molar-refractivity contribution >= 4 is 11.6 Å². The van der Waals surface area contributed by atoms with E-state index in [2.05, 4.69) is 10.3 Å². The normalized spacial score (nSPS) is 16.0. The highest BCUT2D eigenvalue weighted by Crippen LogP contribution is 2.36. The molecule has 3 N–H and O–H groups in total. The van der Waals surface area contributed by atoms with Crippen LogP contribution in [0.1, 0.15) is 5.56 Å². The first-order valence-corrected chi connectivity index (χ1v) is 11.3. The van der Waals surface area contributed by atoms with Crippen molar-refractivity contribution in [1.29, 1.82) is 0 Å². The number of aromatic nitrogens is 4. The lowest BCUT2D eigenvalue weighted by Gasteiger charge is -2.20. The Morgan fingerprint density at radius 3 is 2.54 bits per heavy atom. The fraction of sp³-hybridized carbons (Fsp3) is 0.240. The predicted molar refractivity (Wildman–Crippen MR) is 128 cm³/mol. The van der Waals surface area contributed by atoms with Crippen molar-refractivity contribution in [3.05, 3.63) is 82.5 Å². The van der Waals surface area contributed by atoms with Crippen LogP contribution in [-0.2, 0) is 29.1 Å². The van der Waals surface area contributed by atoms with Crippen molar-refractivity contribution in [2.45, 2.75) is 25.4 Å². The van der Waals surface area contributed by atoms with Gasteiger partial charge in [-0.25, -0.2) is 19.0 Å². The fourth-order valence-corrected chi connectivity index (χ4v) is 4.68. The largest absolute Gasteiger partial charge is 0.398 e. The SMILES string of the molecule is Nc1ccccc1CNc1nccc(-c2c(-c3ccc(F)cc3)c(=O)n3n2CC2(C3)OCCO2)n1. The lowest BCUT2D eigenvalue weighted by Crippen LogP contribution is -2.34. The molecule has 0 saturated carbocycles. The summed E-state index contributed by atoms with van der Waals surface area (Å²) < 4.78 is 28.8. The molecule has 0 unspecified atom stereocenters. The number of nitrogens with two attached hydrogens (primary N) is 1. The number of benzene rings is 2. The van der Waals surface area contributed by atoms with Crippen LogP contribution in [0.4, 0.5) is 16.0 Å². The van der Waals surface area contributed by atoms with E-state index in [1.54, 1.807) is 29.1 Å². The van der Waals surface area contributed by atoms with Gasteiger partial charge >= 0.3 is 0 Å². The fourth-order valence-electron chi connectivity index (χ4n) is 4.68. The number of anilines is 2. The molecule has 0 atom stereocenters. The zero-order chi connectivity index (χ0) is 24.0. The summed E-state index contributed by atoms with van der Waals surface area (Å²) in [5, 5.41) is 3.21. The average molecular weight is 474 g/mol. The van der Waals surface area contributed by atoms with Crippen LogP contribution >= 0.6 is 0 Å². The number of ether oxygens (including phenoxy) is 2. The number of rotatable bonds is 5. The molecule has 35 heavy (non-hydrogen) atoms. The molecule has 10 heteroatoms. The third-order valence-electron chi connectivity index (χ3n) is 6.35. The summed E-state index contributed by atoms with van der Waals surface area (Å²) in [6.45, 7) is 2.00. The molecule has 0 amide bonds. The average Bonchev–Trinajstić information content (AvgIpc) is 3.55. The highest BCUT2D eigenvalue weighted by molar-refractivity contribution is 5.79. The number of halogens is 1. The Labute approximate surface area is 199 Å². The molecule has 1 fully saturated rings. The van der Waals surface area contributed by atoms with Crippen LogP contribution in [0, 0.1) is 5.82 Å². The van der Waals surface area contributed by atoms with Crippen LogP contribution in [-0.4, -0.2) is 38.3 Å². The Hall–Kier alpha value is -4.02. The third kappa shape index (κ3) is 3.76. The van der Waals surface area contributed by atoms with Crippen LogP contribution in [0.5, 0.6) is 0 Å². The topological polar surface area (TPSA) is 109 Å². The standard InChI is InChI=1S/C25H23FN6O3/c26-18-7-5-16(6-8-18)21-22(31-14-25(34-11-12-35-25)15-32(31)23(21)33)20-9-10-28-24(30-20)29-13-17-3-1-2-4-19(17)27/h1-10H,11-15,27H2,(H,28,29,30). The van der Waals surface area contributed by atoms with Crippen molar-refractivity contribution in [2.75, 3.05) is 24.3 Å². The van der Waals surface area contributed by atoms with Crippen molar-refractivity contribution in [3.63, 3.8) is 0 Å². The van der Waals surface area contributed by atoms with Gasteiger partial charge in [-0.05, 0) is 35.4 Å². The molecule has 4 aromatic rings. The van der Waals surface area contributed by atoms with Crippen LogP contribution in [0.2, 0.25) is 0 Å². The van der Waals surface area contributed by atoms with Crippen LogP contribution < -0.4 is 16.6 Å². The zero-order valence-electron chi connectivity index (χ0n) is 18.8. The van der Waals surface area contributed by atoms with Gasteiger partial charge < -0.3 is 20.5 Å². The molecule has 0 radical (unpaired) electrons. The maximum absolute atomic E-state index is 13.6. The molecule has 2 aromatic carbocycles. The van der Waals surface area contributed by atoms with Gasteiger partial charge in [-0.3, -0.25) is 9.48 Å². The summed E-state index contributed by atoms with van der Waals surface area (Å²) in [4.78, 5) is 22.6. The Kier molecular flexibility index (Phi) is 5.12. The van der Waals surface area contributed by atoms with Gasteiger partial charge in [0.15, 0.2) is 0 Å². The molecular weight excluding hydrogens is 451 g/mol. The molecule has 0 aliphatic carbocycles. The summed E-state index contributed by atoms with van der Waals surface area (Å²) in [5.41, 5.74) is 9.63. The molecular formula is C25H23FN6O3. The van der Waals surface area contributed by atoms with Gasteiger partial charge in [0.05, 0.1) is 43.3 Å². The van der Waals surface area contributed by atoms with Gasteiger partial charge in [0.25, 0.3) is 5.56 Å². The van der Waals surface area contributed by atoms with E-state index in [1.165, 1.54) is 12.1 Å². The summed E-state index contributed by atoms with van der Waals surface area (Å²) in [7, 11) is 0. The number of nitrogens with zero attached hydrogens (tertiary/aromatic N) is 4. The quantitative estimate of drug-likeness (QED) is 0.428. The lowest BCUT2D eigenvalue weighted by atomic mass is 10.0. The van der Waals surface area contributed by atoms with E-state index < -0.39 is 5.79 Å². The molecule has 6 rings (SSSR count). The molecule has 2 aliphatic rings. The minimum Gasteiger partial charge on any atom is -0.398 e. The summed E-state index contributed by atoms with van der Waals surface area (Å²) in [6.07, 6.45) is 1.63. The predicted octanol–water partition coefficient (Wildman–Crippen LogP) is 2.86. The smallest absolute Gasteiger partial charge is 0.275 e. The highest BCUT2D eigenvalue weighted by atomic mass is 19.1. The Balaban J connectivity index is 1.43. The molecule has 9 nitrogen and oxygen atoms in total. The number of nitrogen functional groups attached to an aromatic ring is 1. The lowest BCUT2D eigenvalue weighted by molar-refractivity contribution is -0.158. The molecule has 1 spiro atoms. The molecule has 1 saturated heterocycles. The Morgan fingerprint density at radius 1 is 1.03 bits per heavy atom. The third-order valence-corrected chi connectivity index (χ3v) is 6.35. The summed E-state index contributed by atoms with van der Waals surface area (Å²) >= 11 is 0. The minimum absolute atomic E-state index is 0.215. The van der Waals surface area contributed by atoms with Crippen molar-refractivity contribution in [1.82, 2.24) is 19.3 Å². The van der Waals surface area contributed by atoms with E-state index in [0.29, 0.717) is 60.5 Å². The van der Waals surface area contributed by atoms with E-state index >= 15 is 0 Å². The second-order valence-corrected chi connectivity index (χ2v) is 8.58. The molecule has 4 heterocycles. The van der Waals surface area contributed by atoms with Gasteiger partial charge in [-0.2, -0.15) is 0 Å². The number of para-hydroxylation sites is 1. The number of nitrogens with one attached hydrogen (secondary N) is 1. The highest BCUT2D eigenvalue weighted by Gasteiger charge is 2.46.